The number of aliphatic carboxylic acids is 1. The topological polar surface area (TPSA) is 75.6 Å². The van der Waals surface area contributed by atoms with Crippen molar-refractivity contribution in [2.45, 2.75) is 13.8 Å². The standard InChI is InChI=1S/C15H18FNO4/c1-10(2)8-17-14(18)9-21-13-5-3-11(7-12(13)16)4-6-15(19)20/h3-7,10H,8-9H2,1-2H3,(H,17,18)(H,19,20)/b6-4+. The molecule has 1 aromatic rings. The second kappa shape index (κ2) is 8.04. The Balaban J connectivity index is 2.57. The van der Waals surface area contributed by atoms with Crippen molar-refractivity contribution in [1.82, 2.24) is 5.32 Å². The molecule has 114 valence electrons. The first-order valence-corrected chi connectivity index (χ1v) is 6.48. The molecule has 0 fully saturated rings. The molecule has 0 unspecified atom stereocenters. The first-order valence-electron chi connectivity index (χ1n) is 6.48. The van der Waals surface area contributed by atoms with E-state index in [1.807, 2.05) is 13.8 Å². The van der Waals surface area contributed by atoms with Crippen molar-refractivity contribution in [3.63, 3.8) is 0 Å². The minimum absolute atomic E-state index is 0.0535. The lowest BCUT2D eigenvalue weighted by Crippen LogP contribution is -2.31. The highest BCUT2D eigenvalue weighted by Gasteiger charge is 2.07. The first kappa shape index (κ1) is 16.7. The van der Waals surface area contributed by atoms with E-state index in [0.29, 0.717) is 18.0 Å². The van der Waals surface area contributed by atoms with Crippen LogP contribution in [-0.2, 0) is 9.59 Å². The van der Waals surface area contributed by atoms with Crippen molar-refractivity contribution in [3.05, 3.63) is 35.7 Å². The molecule has 0 aliphatic rings. The number of carboxylic acid groups (broad SMARTS) is 1. The highest BCUT2D eigenvalue weighted by Crippen LogP contribution is 2.19. The van der Waals surface area contributed by atoms with E-state index in [1.54, 1.807) is 0 Å². The molecule has 0 spiro atoms. The maximum Gasteiger partial charge on any atom is 0.328 e. The molecule has 0 atom stereocenters. The Hall–Kier alpha value is -2.37. The van der Waals surface area contributed by atoms with Crippen LogP contribution in [0.5, 0.6) is 5.75 Å². The zero-order valence-electron chi connectivity index (χ0n) is 11.9. The summed E-state index contributed by atoms with van der Waals surface area (Å²) in [6, 6.07) is 4.00. The Kier molecular flexibility index (Phi) is 6.39. The fraction of sp³-hybridized carbons (Fsp3) is 0.333. The second-order valence-corrected chi connectivity index (χ2v) is 4.85. The molecule has 6 heteroatoms. The number of rotatable bonds is 7. The normalized spacial score (nSPS) is 10.9. The number of ether oxygens (including phenoxy) is 1. The Morgan fingerprint density at radius 1 is 1.43 bits per heavy atom. The molecular formula is C15H18FNO4. The second-order valence-electron chi connectivity index (χ2n) is 4.85. The van der Waals surface area contributed by atoms with Gasteiger partial charge in [-0.05, 0) is 29.7 Å². The van der Waals surface area contributed by atoms with Crippen LogP contribution in [0.1, 0.15) is 19.4 Å². The molecule has 21 heavy (non-hydrogen) atoms. The number of hydrogen-bond acceptors (Lipinski definition) is 3. The molecule has 0 aromatic heterocycles. The van der Waals surface area contributed by atoms with Crippen LogP contribution in [0.2, 0.25) is 0 Å². The van der Waals surface area contributed by atoms with E-state index in [2.05, 4.69) is 5.32 Å². The summed E-state index contributed by atoms with van der Waals surface area (Å²) in [5.41, 5.74) is 0.395. The minimum atomic E-state index is -1.11. The quantitative estimate of drug-likeness (QED) is 0.755. The van der Waals surface area contributed by atoms with Gasteiger partial charge in [-0.3, -0.25) is 4.79 Å². The zero-order valence-corrected chi connectivity index (χ0v) is 11.9. The molecule has 1 aromatic carbocycles. The van der Waals surface area contributed by atoms with Crippen LogP contribution in [0.25, 0.3) is 6.08 Å². The van der Waals surface area contributed by atoms with Gasteiger partial charge in [-0.1, -0.05) is 19.9 Å². The highest BCUT2D eigenvalue weighted by atomic mass is 19.1. The van der Waals surface area contributed by atoms with E-state index in [1.165, 1.54) is 18.2 Å². The number of carboxylic acids is 1. The van der Waals surface area contributed by atoms with E-state index < -0.39 is 11.8 Å². The number of halogens is 1. The lowest BCUT2D eigenvalue weighted by molar-refractivity contribution is -0.131. The van der Waals surface area contributed by atoms with Gasteiger partial charge in [0, 0.05) is 12.6 Å². The number of hydrogen-bond donors (Lipinski definition) is 2. The lowest BCUT2D eigenvalue weighted by Gasteiger charge is -2.09. The first-order chi connectivity index (χ1) is 9.88. The van der Waals surface area contributed by atoms with Gasteiger partial charge in [0.15, 0.2) is 18.2 Å². The van der Waals surface area contributed by atoms with Gasteiger partial charge in [-0.2, -0.15) is 0 Å². The molecule has 0 aliphatic heterocycles. The number of carbonyl (C=O) groups is 2. The van der Waals surface area contributed by atoms with Gasteiger partial charge in [0.2, 0.25) is 0 Å². The number of amides is 1. The summed E-state index contributed by atoms with van der Waals surface area (Å²) in [4.78, 5) is 21.8. The maximum atomic E-state index is 13.7. The van der Waals surface area contributed by atoms with Crippen LogP contribution in [0.3, 0.4) is 0 Å². The third-order valence-corrected chi connectivity index (χ3v) is 2.44. The van der Waals surface area contributed by atoms with E-state index in [4.69, 9.17) is 9.84 Å². The predicted octanol–water partition coefficient (Wildman–Crippen LogP) is 2.07. The summed E-state index contributed by atoms with van der Waals surface area (Å²) < 4.78 is 18.8. The molecule has 1 amide bonds. The minimum Gasteiger partial charge on any atom is -0.481 e. The summed E-state index contributed by atoms with van der Waals surface area (Å²) in [6.45, 7) is 4.19. The molecular weight excluding hydrogens is 277 g/mol. The van der Waals surface area contributed by atoms with Crippen LogP contribution in [0, 0.1) is 11.7 Å². The monoisotopic (exact) mass is 295 g/mol. The molecule has 1 rings (SSSR count). The average Bonchev–Trinajstić information content (AvgIpc) is 2.41. The lowest BCUT2D eigenvalue weighted by atomic mass is 10.2. The number of carbonyl (C=O) groups excluding carboxylic acids is 1. The summed E-state index contributed by atoms with van der Waals surface area (Å²) in [5.74, 6) is -1.82. The molecule has 5 nitrogen and oxygen atoms in total. The van der Waals surface area contributed by atoms with Crippen LogP contribution < -0.4 is 10.1 Å². The van der Waals surface area contributed by atoms with Gasteiger partial charge in [0.1, 0.15) is 0 Å². The van der Waals surface area contributed by atoms with Crippen molar-refractivity contribution < 1.29 is 23.8 Å². The van der Waals surface area contributed by atoms with Crippen LogP contribution >= 0.6 is 0 Å². The van der Waals surface area contributed by atoms with Crippen molar-refractivity contribution in [1.29, 1.82) is 0 Å². The third-order valence-electron chi connectivity index (χ3n) is 2.44. The van der Waals surface area contributed by atoms with Crippen LogP contribution in [0.4, 0.5) is 4.39 Å². The van der Waals surface area contributed by atoms with Gasteiger partial charge in [0.05, 0.1) is 0 Å². The average molecular weight is 295 g/mol. The summed E-state index contributed by atoms with van der Waals surface area (Å²) >= 11 is 0. The Bertz CT molecular complexity index is 540. The van der Waals surface area contributed by atoms with Crippen molar-refractivity contribution >= 4 is 18.0 Å². The molecule has 2 N–H and O–H groups in total. The fourth-order valence-electron chi connectivity index (χ4n) is 1.42. The SMILES string of the molecule is CC(C)CNC(=O)COc1ccc(/C=C/C(=O)O)cc1F. The van der Waals surface area contributed by atoms with Gasteiger partial charge < -0.3 is 15.2 Å². The van der Waals surface area contributed by atoms with Crippen LogP contribution in [0.15, 0.2) is 24.3 Å². The van der Waals surface area contributed by atoms with Crippen LogP contribution in [-0.4, -0.2) is 30.1 Å². The fourth-order valence-corrected chi connectivity index (χ4v) is 1.42. The predicted molar refractivity (Wildman–Crippen MR) is 76.4 cm³/mol. The Morgan fingerprint density at radius 2 is 2.14 bits per heavy atom. The van der Waals surface area contributed by atoms with E-state index in [-0.39, 0.29) is 18.3 Å². The molecule has 0 bridgehead atoms. The van der Waals surface area contributed by atoms with Crippen molar-refractivity contribution in [2.75, 3.05) is 13.2 Å². The molecule has 0 heterocycles. The Labute approximate surface area is 122 Å². The van der Waals surface area contributed by atoms with E-state index >= 15 is 0 Å². The molecule has 0 aliphatic carbocycles. The van der Waals surface area contributed by atoms with Gasteiger partial charge in [-0.25, -0.2) is 9.18 Å². The van der Waals surface area contributed by atoms with Crippen molar-refractivity contribution in [2.24, 2.45) is 5.92 Å². The maximum absolute atomic E-state index is 13.7. The van der Waals surface area contributed by atoms with E-state index in [9.17, 15) is 14.0 Å². The summed E-state index contributed by atoms with van der Waals surface area (Å²) in [5, 5.41) is 11.1. The molecule has 0 saturated carbocycles. The number of nitrogens with one attached hydrogen (secondary N) is 1. The van der Waals surface area contributed by atoms with Gasteiger partial charge in [-0.15, -0.1) is 0 Å². The van der Waals surface area contributed by atoms with E-state index in [0.717, 1.165) is 12.1 Å². The molecule has 0 saturated heterocycles. The largest absolute Gasteiger partial charge is 0.481 e. The number of benzene rings is 1. The summed E-state index contributed by atoms with van der Waals surface area (Å²) in [7, 11) is 0. The van der Waals surface area contributed by atoms with Gasteiger partial charge in [0.25, 0.3) is 5.91 Å². The zero-order chi connectivity index (χ0) is 15.8. The summed E-state index contributed by atoms with van der Waals surface area (Å²) in [6.07, 6.45) is 2.18. The molecule has 0 radical (unpaired) electrons. The smallest absolute Gasteiger partial charge is 0.328 e. The highest BCUT2D eigenvalue weighted by molar-refractivity contribution is 5.85. The Morgan fingerprint density at radius 3 is 2.71 bits per heavy atom. The van der Waals surface area contributed by atoms with Gasteiger partial charge >= 0.3 is 5.97 Å². The van der Waals surface area contributed by atoms with Crippen molar-refractivity contribution in [3.8, 4) is 5.75 Å². The third kappa shape index (κ3) is 6.56.